The van der Waals surface area contributed by atoms with E-state index in [1.54, 1.807) is 11.3 Å². The molecule has 2 nitrogen and oxygen atoms in total. The molecule has 1 N–H and O–H groups in total. The smallest absolute Gasteiger partial charge is 0.256 e. The summed E-state index contributed by atoms with van der Waals surface area (Å²) in [6.07, 6.45) is 1.94. The molecule has 0 saturated heterocycles. The topological polar surface area (TPSA) is 29.1 Å². The Hall–Kier alpha value is -1.87. The third-order valence-corrected chi connectivity index (χ3v) is 3.36. The lowest BCUT2D eigenvalue weighted by atomic mass is 10.1. The minimum absolute atomic E-state index is 0.0189. The molecule has 3 heteroatoms. The summed E-state index contributed by atoms with van der Waals surface area (Å²) in [4.78, 5) is 12.9. The molecule has 0 aliphatic carbocycles. The van der Waals surface area contributed by atoms with Crippen molar-refractivity contribution in [1.82, 2.24) is 0 Å². The average Bonchev–Trinajstić information content (AvgIpc) is 2.89. The summed E-state index contributed by atoms with van der Waals surface area (Å²) in [5.74, 6) is -0.0189. The molecule has 16 heavy (non-hydrogen) atoms. The van der Waals surface area contributed by atoms with E-state index in [0.29, 0.717) is 0 Å². The normalized spacial score (nSPS) is 16.2. The number of para-hydroxylation sites is 1. The van der Waals surface area contributed by atoms with Crippen LogP contribution in [0.1, 0.15) is 10.4 Å². The van der Waals surface area contributed by atoms with Gasteiger partial charge in [0.15, 0.2) is 0 Å². The largest absolute Gasteiger partial charge is 0.321 e. The Labute approximate surface area is 97.2 Å². The van der Waals surface area contributed by atoms with Crippen molar-refractivity contribution in [3.8, 4) is 0 Å². The lowest BCUT2D eigenvalue weighted by molar-refractivity contribution is -0.110. The van der Waals surface area contributed by atoms with Gasteiger partial charge in [0.2, 0.25) is 0 Å². The molecule has 2 heterocycles. The van der Waals surface area contributed by atoms with Crippen molar-refractivity contribution in [2.75, 3.05) is 5.32 Å². The van der Waals surface area contributed by atoms with Gasteiger partial charge in [-0.25, -0.2) is 0 Å². The number of fused-ring (bicyclic) bond motifs is 1. The number of hydrogen-bond acceptors (Lipinski definition) is 2. The molecule has 0 unspecified atom stereocenters. The van der Waals surface area contributed by atoms with E-state index in [4.69, 9.17) is 0 Å². The number of nitrogens with one attached hydrogen (secondary N) is 1. The van der Waals surface area contributed by atoms with Gasteiger partial charge in [0.25, 0.3) is 5.91 Å². The third-order valence-electron chi connectivity index (χ3n) is 2.54. The Morgan fingerprint density at radius 3 is 2.81 bits per heavy atom. The summed E-state index contributed by atoms with van der Waals surface area (Å²) in [6.45, 7) is 0. The zero-order valence-corrected chi connectivity index (χ0v) is 9.25. The highest BCUT2D eigenvalue weighted by Gasteiger charge is 2.23. The second kappa shape index (κ2) is 3.61. The molecule has 1 aliphatic rings. The standard InChI is InChI=1S/C13H9NOS/c15-13-11(8-9-4-3-7-16-9)10-5-1-2-6-12(10)14-13/h1-8H,(H,14,15). The van der Waals surface area contributed by atoms with E-state index in [2.05, 4.69) is 5.32 Å². The molecule has 2 aromatic rings. The minimum atomic E-state index is -0.0189. The van der Waals surface area contributed by atoms with Crippen molar-refractivity contribution in [2.24, 2.45) is 0 Å². The summed E-state index contributed by atoms with van der Waals surface area (Å²) < 4.78 is 0. The molecule has 1 aliphatic heterocycles. The van der Waals surface area contributed by atoms with Crippen LogP contribution in [0.5, 0.6) is 0 Å². The maximum atomic E-state index is 11.8. The van der Waals surface area contributed by atoms with Crippen LogP contribution in [0.3, 0.4) is 0 Å². The summed E-state index contributed by atoms with van der Waals surface area (Å²) in [5, 5.41) is 4.86. The van der Waals surface area contributed by atoms with Gasteiger partial charge in [0.05, 0.1) is 5.57 Å². The Morgan fingerprint density at radius 2 is 2.00 bits per heavy atom. The van der Waals surface area contributed by atoms with Crippen LogP contribution in [-0.4, -0.2) is 5.91 Å². The number of hydrogen-bond donors (Lipinski definition) is 1. The first-order chi connectivity index (χ1) is 7.84. The first-order valence-corrected chi connectivity index (χ1v) is 5.88. The fourth-order valence-corrected chi connectivity index (χ4v) is 2.46. The van der Waals surface area contributed by atoms with Crippen molar-refractivity contribution >= 4 is 34.6 Å². The molecule has 0 atom stereocenters. The van der Waals surface area contributed by atoms with Crippen LogP contribution < -0.4 is 5.32 Å². The van der Waals surface area contributed by atoms with E-state index in [9.17, 15) is 4.79 Å². The lowest BCUT2D eigenvalue weighted by Crippen LogP contribution is -2.03. The first-order valence-electron chi connectivity index (χ1n) is 5.00. The van der Waals surface area contributed by atoms with Crippen molar-refractivity contribution in [3.63, 3.8) is 0 Å². The third kappa shape index (κ3) is 1.46. The van der Waals surface area contributed by atoms with Crippen molar-refractivity contribution in [3.05, 3.63) is 52.2 Å². The van der Waals surface area contributed by atoms with Gasteiger partial charge in [-0.3, -0.25) is 4.79 Å². The molecular weight excluding hydrogens is 218 g/mol. The highest BCUT2D eigenvalue weighted by atomic mass is 32.1. The zero-order chi connectivity index (χ0) is 11.0. The SMILES string of the molecule is O=C1Nc2ccccc2C1=Cc1cccs1. The molecule has 1 amide bonds. The molecule has 0 fully saturated rings. The van der Waals surface area contributed by atoms with Gasteiger partial charge >= 0.3 is 0 Å². The lowest BCUT2D eigenvalue weighted by Gasteiger charge is -1.95. The number of anilines is 1. The monoisotopic (exact) mass is 227 g/mol. The summed E-state index contributed by atoms with van der Waals surface area (Å²) >= 11 is 1.63. The van der Waals surface area contributed by atoms with E-state index in [1.165, 1.54) is 0 Å². The van der Waals surface area contributed by atoms with Gasteiger partial charge < -0.3 is 5.32 Å². The fraction of sp³-hybridized carbons (Fsp3) is 0. The summed E-state index contributed by atoms with van der Waals surface area (Å²) in [6, 6.07) is 11.7. The van der Waals surface area contributed by atoms with Crippen LogP contribution in [0.25, 0.3) is 11.6 Å². The highest BCUT2D eigenvalue weighted by molar-refractivity contribution is 7.11. The molecule has 78 valence electrons. The van der Waals surface area contributed by atoms with Gasteiger partial charge in [-0.1, -0.05) is 24.3 Å². The number of carbonyl (C=O) groups excluding carboxylic acids is 1. The Kier molecular flexibility index (Phi) is 2.11. The molecule has 0 radical (unpaired) electrons. The fourth-order valence-electron chi connectivity index (χ4n) is 1.80. The minimum Gasteiger partial charge on any atom is -0.321 e. The predicted octanol–water partition coefficient (Wildman–Crippen LogP) is 3.24. The number of thiophene rings is 1. The highest BCUT2D eigenvalue weighted by Crippen LogP contribution is 2.33. The molecule has 0 spiro atoms. The first kappa shape index (κ1) is 9.36. The summed E-state index contributed by atoms with van der Waals surface area (Å²) in [7, 11) is 0. The molecule has 0 saturated carbocycles. The van der Waals surface area contributed by atoms with Crippen LogP contribution in [0.15, 0.2) is 41.8 Å². The van der Waals surface area contributed by atoms with Crippen molar-refractivity contribution in [1.29, 1.82) is 0 Å². The average molecular weight is 227 g/mol. The van der Waals surface area contributed by atoms with Crippen molar-refractivity contribution < 1.29 is 4.79 Å². The van der Waals surface area contributed by atoms with E-state index in [0.717, 1.165) is 21.7 Å². The Morgan fingerprint density at radius 1 is 1.12 bits per heavy atom. The summed E-state index contributed by atoms with van der Waals surface area (Å²) in [5.41, 5.74) is 2.63. The van der Waals surface area contributed by atoms with Gasteiger partial charge in [-0.2, -0.15) is 0 Å². The second-order valence-corrected chi connectivity index (χ2v) is 4.55. The van der Waals surface area contributed by atoms with Crippen LogP contribution in [0.2, 0.25) is 0 Å². The Balaban J connectivity index is 2.12. The molecule has 0 bridgehead atoms. The Bertz CT molecular complexity index is 569. The number of rotatable bonds is 1. The van der Waals surface area contributed by atoms with Crippen LogP contribution >= 0.6 is 11.3 Å². The van der Waals surface area contributed by atoms with Crippen LogP contribution in [-0.2, 0) is 4.79 Å². The van der Waals surface area contributed by atoms with Crippen molar-refractivity contribution in [2.45, 2.75) is 0 Å². The maximum absolute atomic E-state index is 11.8. The predicted molar refractivity (Wildman–Crippen MR) is 67.3 cm³/mol. The zero-order valence-electron chi connectivity index (χ0n) is 8.44. The van der Waals surface area contributed by atoms with E-state index < -0.39 is 0 Å². The van der Waals surface area contributed by atoms with E-state index >= 15 is 0 Å². The number of benzene rings is 1. The van der Waals surface area contributed by atoms with Gasteiger partial charge in [0.1, 0.15) is 0 Å². The second-order valence-electron chi connectivity index (χ2n) is 3.57. The van der Waals surface area contributed by atoms with Crippen LogP contribution in [0.4, 0.5) is 5.69 Å². The molecule has 1 aromatic heterocycles. The number of carbonyl (C=O) groups is 1. The quantitative estimate of drug-likeness (QED) is 0.744. The molecule has 3 rings (SSSR count). The van der Waals surface area contributed by atoms with Gasteiger partial charge in [0, 0.05) is 16.1 Å². The van der Waals surface area contributed by atoms with E-state index in [-0.39, 0.29) is 5.91 Å². The van der Waals surface area contributed by atoms with Gasteiger partial charge in [-0.15, -0.1) is 11.3 Å². The van der Waals surface area contributed by atoms with E-state index in [1.807, 2.05) is 47.9 Å². The molecule has 1 aromatic carbocycles. The van der Waals surface area contributed by atoms with Gasteiger partial charge in [-0.05, 0) is 23.6 Å². The maximum Gasteiger partial charge on any atom is 0.256 e. The number of amides is 1. The van der Waals surface area contributed by atoms with Crippen LogP contribution in [0, 0.1) is 0 Å². The molecular formula is C13H9NOS.